The van der Waals surface area contributed by atoms with E-state index in [0.29, 0.717) is 15.9 Å². The van der Waals surface area contributed by atoms with Crippen LogP contribution in [0.1, 0.15) is 15.2 Å². The molecule has 5 nitrogen and oxygen atoms in total. The number of aromatic carboxylic acids is 1. The molecule has 0 aliphatic rings. The lowest BCUT2D eigenvalue weighted by Crippen LogP contribution is -2.28. The van der Waals surface area contributed by atoms with Gasteiger partial charge in [-0.15, -0.1) is 22.7 Å². The number of carboxylic acids is 1. The highest BCUT2D eigenvalue weighted by Crippen LogP contribution is 2.23. The summed E-state index contributed by atoms with van der Waals surface area (Å²) in [5.74, 6) is -1.07. The van der Waals surface area contributed by atoms with Crippen molar-refractivity contribution in [2.45, 2.75) is 6.54 Å². The molecule has 0 aliphatic carbocycles. The summed E-state index contributed by atoms with van der Waals surface area (Å²) in [6.07, 6.45) is 0. The summed E-state index contributed by atoms with van der Waals surface area (Å²) in [6.45, 7) is 0.344. The minimum atomic E-state index is -1.07. The molecule has 0 bridgehead atoms. The van der Waals surface area contributed by atoms with Gasteiger partial charge in [-0.3, -0.25) is 5.32 Å². The quantitative estimate of drug-likeness (QED) is 0.808. The fourth-order valence-corrected chi connectivity index (χ4v) is 3.14. The Morgan fingerprint density at radius 3 is 2.74 bits per heavy atom. The third kappa shape index (κ3) is 3.69. The zero-order valence-electron chi connectivity index (χ0n) is 9.47. The molecule has 0 fully saturated rings. The zero-order valence-corrected chi connectivity index (χ0v) is 11.9. The van der Waals surface area contributed by atoms with Crippen LogP contribution in [0, 0.1) is 0 Å². The van der Waals surface area contributed by atoms with E-state index in [1.165, 1.54) is 17.4 Å². The number of carbonyl (C=O) groups excluding carboxylic acids is 1. The summed E-state index contributed by atoms with van der Waals surface area (Å²) in [7, 11) is 0. The molecule has 0 radical (unpaired) electrons. The third-order valence-electron chi connectivity index (χ3n) is 2.17. The molecule has 0 unspecified atom stereocenters. The van der Waals surface area contributed by atoms with E-state index in [1.807, 2.05) is 6.07 Å². The van der Waals surface area contributed by atoms with E-state index in [2.05, 4.69) is 10.6 Å². The smallest absolute Gasteiger partial charge is 0.338 e. The van der Waals surface area contributed by atoms with Crippen molar-refractivity contribution in [3.8, 4) is 0 Å². The minimum Gasteiger partial charge on any atom is -0.478 e. The number of urea groups is 1. The van der Waals surface area contributed by atoms with Crippen LogP contribution in [0.5, 0.6) is 0 Å². The number of amides is 2. The Kier molecular flexibility index (Phi) is 4.41. The molecule has 3 N–H and O–H groups in total. The van der Waals surface area contributed by atoms with Crippen LogP contribution in [-0.2, 0) is 6.54 Å². The summed E-state index contributed by atoms with van der Waals surface area (Å²) in [6, 6.07) is 4.57. The molecule has 8 heteroatoms. The van der Waals surface area contributed by atoms with Crippen LogP contribution < -0.4 is 10.6 Å². The van der Waals surface area contributed by atoms with Crippen LogP contribution >= 0.6 is 34.3 Å². The highest BCUT2D eigenvalue weighted by atomic mass is 35.5. The van der Waals surface area contributed by atoms with Crippen molar-refractivity contribution in [3.63, 3.8) is 0 Å². The number of carbonyl (C=O) groups is 2. The van der Waals surface area contributed by atoms with Gasteiger partial charge in [0.2, 0.25) is 0 Å². The van der Waals surface area contributed by atoms with Crippen molar-refractivity contribution in [2.24, 2.45) is 0 Å². The molecule has 2 rings (SSSR count). The molecule has 0 saturated heterocycles. The number of carboxylic acid groups (broad SMARTS) is 1. The molecule has 2 heterocycles. The molecule has 0 atom stereocenters. The van der Waals surface area contributed by atoms with Crippen LogP contribution in [-0.4, -0.2) is 17.1 Å². The van der Waals surface area contributed by atoms with Crippen molar-refractivity contribution in [2.75, 3.05) is 5.32 Å². The largest absolute Gasteiger partial charge is 0.478 e. The Morgan fingerprint density at radius 1 is 1.32 bits per heavy atom. The van der Waals surface area contributed by atoms with E-state index < -0.39 is 12.0 Å². The van der Waals surface area contributed by atoms with Gasteiger partial charge in [-0.05, 0) is 23.6 Å². The summed E-state index contributed by atoms with van der Waals surface area (Å²) in [5, 5.41) is 16.0. The van der Waals surface area contributed by atoms with Crippen LogP contribution in [0.15, 0.2) is 23.6 Å². The molecule has 0 aliphatic heterocycles. The SMILES string of the molecule is O=C(NCc1ccc(Cl)s1)Nc1sccc1C(=O)O. The molecule has 0 aromatic carbocycles. The molecule has 2 aromatic heterocycles. The second-order valence-electron chi connectivity index (χ2n) is 3.48. The second-order valence-corrected chi connectivity index (χ2v) is 6.20. The maximum absolute atomic E-state index is 11.6. The number of hydrogen-bond acceptors (Lipinski definition) is 4. The molecule has 19 heavy (non-hydrogen) atoms. The number of hydrogen-bond donors (Lipinski definition) is 3. The van der Waals surface area contributed by atoms with Crippen molar-refractivity contribution >= 4 is 51.3 Å². The van der Waals surface area contributed by atoms with Crippen molar-refractivity contribution in [3.05, 3.63) is 38.4 Å². The summed E-state index contributed by atoms with van der Waals surface area (Å²) in [5.41, 5.74) is 0.0827. The van der Waals surface area contributed by atoms with Gasteiger partial charge in [0.15, 0.2) is 0 Å². The van der Waals surface area contributed by atoms with Gasteiger partial charge in [-0.2, -0.15) is 0 Å². The van der Waals surface area contributed by atoms with E-state index in [4.69, 9.17) is 16.7 Å². The molecular weight excluding hydrogens is 308 g/mol. The lowest BCUT2D eigenvalue weighted by Gasteiger charge is -2.05. The first-order valence-electron chi connectivity index (χ1n) is 5.16. The lowest BCUT2D eigenvalue weighted by molar-refractivity contribution is 0.0698. The van der Waals surface area contributed by atoms with Crippen molar-refractivity contribution < 1.29 is 14.7 Å². The number of thiophene rings is 2. The molecule has 0 spiro atoms. The van der Waals surface area contributed by atoms with Gasteiger partial charge in [0.05, 0.1) is 16.4 Å². The Hall–Kier alpha value is -1.57. The molecule has 0 saturated carbocycles. The van der Waals surface area contributed by atoms with Crippen LogP contribution in [0.4, 0.5) is 9.80 Å². The second kappa shape index (κ2) is 6.05. The van der Waals surface area contributed by atoms with Crippen LogP contribution in [0.3, 0.4) is 0 Å². The van der Waals surface area contributed by atoms with Crippen LogP contribution in [0.2, 0.25) is 4.34 Å². The first-order chi connectivity index (χ1) is 9.06. The fraction of sp³-hybridized carbons (Fsp3) is 0.0909. The third-order valence-corrected chi connectivity index (χ3v) is 4.24. The predicted molar refractivity (Wildman–Crippen MR) is 76.5 cm³/mol. The highest BCUT2D eigenvalue weighted by Gasteiger charge is 2.13. The molecular formula is C11H9ClN2O3S2. The Morgan fingerprint density at radius 2 is 2.11 bits per heavy atom. The Labute approximate surface area is 121 Å². The van der Waals surface area contributed by atoms with Crippen molar-refractivity contribution in [1.29, 1.82) is 0 Å². The Balaban J connectivity index is 1.90. The number of nitrogens with one attached hydrogen (secondary N) is 2. The van der Waals surface area contributed by atoms with E-state index in [1.54, 1.807) is 11.4 Å². The topological polar surface area (TPSA) is 78.4 Å². The summed E-state index contributed by atoms with van der Waals surface area (Å²) in [4.78, 5) is 23.4. The first-order valence-corrected chi connectivity index (χ1v) is 7.23. The predicted octanol–water partition coefficient (Wildman–Crippen LogP) is 3.48. The zero-order chi connectivity index (χ0) is 13.8. The van der Waals surface area contributed by atoms with E-state index >= 15 is 0 Å². The first kappa shape index (κ1) is 13.9. The van der Waals surface area contributed by atoms with Gasteiger partial charge in [-0.25, -0.2) is 9.59 Å². The van der Waals surface area contributed by atoms with E-state index in [9.17, 15) is 9.59 Å². The number of rotatable bonds is 4. The Bertz CT molecular complexity index is 609. The average Bonchev–Trinajstić information content (AvgIpc) is 2.95. The van der Waals surface area contributed by atoms with E-state index in [-0.39, 0.29) is 5.56 Å². The van der Waals surface area contributed by atoms with Gasteiger partial charge in [-0.1, -0.05) is 11.6 Å². The standard InChI is InChI=1S/C11H9ClN2O3S2/c12-8-2-1-6(19-8)5-13-11(17)14-9-7(10(15)16)3-4-18-9/h1-4H,5H2,(H,15,16)(H2,13,14,17). The summed E-state index contributed by atoms with van der Waals surface area (Å²) < 4.78 is 0.656. The lowest BCUT2D eigenvalue weighted by atomic mass is 10.3. The van der Waals surface area contributed by atoms with Gasteiger partial charge >= 0.3 is 12.0 Å². The highest BCUT2D eigenvalue weighted by molar-refractivity contribution is 7.16. The number of anilines is 1. The van der Waals surface area contributed by atoms with Gasteiger partial charge in [0.1, 0.15) is 5.00 Å². The van der Waals surface area contributed by atoms with Crippen LogP contribution in [0.25, 0.3) is 0 Å². The maximum Gasteiger partial charge on any atom is 0.338 e. The molecule has 2 aromatic rings. The van der Waals surface area contributed by atoms with Gasteiger partial charge < -0.3 is 10.4 Å². The van der Waals surface area contributed by atoms with Crippen molar-refractivity contribution in [1.82, 2.24) is 5.32 Å². The molecule has 2 amide bonds. The van der Waals surface area contributed by atoms with E-state index in [0.717, 1.165) is 16.2 Å². The minimum absolute atomic E-state index is 0.0827. The fourth-order valence-electron chi connectivity index (χ4n) is 1.34. The molecule has 100 valence electrons. The average molecular weight is 317 g/mol. The van der Waals surface area contributed by atoms with Gasteiger partial charge in [0, 0.05) is 4.88 Å². The summed E-state index contributed by atoms with van der Waals surface area (Å²) >= 11 is 8.31. The monoisotopic (exact) mass is 316 g/mol. The maximum atomic E-state index is 11.6. The number of halogens is 1. The normalized spacial score (nSPS) is 10.2. The van der Waals surface area contributed by atoms with Gasteiger partial charge in [0.25, 0.3) is 0 Å².